The molecule has 2 heteroatoms. The van der Waals surface area contributed by atoms with Gasteiger partial charge in [-0.1, -0.05) is 15.9 Å². The maximum Gasteiger partial charge on any atom is 0.151 e. The van der Waals surface area contributed by atoms with Crippen LogP contribution < -0.4 is 0 Å². The van der Waals surface area contributed by atoms with Crippen molar-refractivity contribution in [2.45, 2.75) is 20.8 Å². The lowest BCUT2D eigenvalue weighted by molar-refractivity contribution is 0.112. The minimum Gasteiger partial charge on any atom is -0.298 e. The van der Waals surface area contributed by atoms with Gasteiger partial charge in [0.05, 0.1) is 0 Å². The van der Waals surface area contributed by atoms with E-state index in [0.29, 0.717) is 0 Å². The predicted octanol–water partition coefficient (Wildman–Crippen LogP) is 3.19. The van der Waals surface area contributed by atoms with Crippen LogP contribution in [0.25, 0.3) is 0 Å². The Morgan fingerprint density at radius 2 is 1.83 bits per heavy atom. The first-order chi connectivity index (χ1) is 5.57. The monoisotopic (exact) mass is 226 g/mol. The molecule has 0 heterocycles. The molecule has 0 unspecified atom stereocenters. The van der Waals surface area contributed by atoms with Crippen molar-refractivity contribution >= 4 is 22.2 Å². The highest BCUT2D eigenvalue weighted by atomic mass is 79.9. The molecular formula is C10H11BrO. The first-order valence-electron chi connectivity index (χ1n) is 3.79. The lowest BCUT2D eigenvalue weighted by Gasteiger charge is -2.08. The minimum atomic E-state index is 0.762. The Bertz CT molecular complexity index is 329. The summed E-state index contributed by atoms with van der Waals surface area (Å²) in [5.74, 6) is 0. The molecule has 0 amide bonds. The molecule has 0 atom stereocenters. The van der Waals surface area contributed by atoms with Gasteiger partial charge in [-0.15, -0.1) is 0 Å². The molecule has 0 spiro atoms. The van der Waals surface area contributed by atoms with Gasteiger partial charge in [0, 0.05) is 10.0 Å². The molecule has 0 aliphatic carbocycles. The molecule has 1 aromatic rings. The molecule has 0 aliphatic heterocycles. The first kappa shape index (κ1) is 9.46. The van der Waals surface area contributed by atoms with Crippen LogP contribution in [0, 0.1) is 20.8 Å². The minimum absolute atomic E-state index is 0.762. The van der Waals surface area contributed by atoms with Crippen molar-refractivity contribution < 1.29 is 4.79 Å². The molecule has 64 valence electrons. The van der Waals surface area contributed by atoms with Gasteiger partial charge in [-0.05, 0) is 43.5 Å². The molecule has 1 aromatic carbocycles. The fourth-order valence-corrected chi connectivity index (χ4v) is 1.93. The standard InChI is InChI=1S/C10H11BrO/c1-6-4-10(11)9(5-12)8(3)7(6)2/h4-5H,1-3H3. The van der Waals surface area contributed by atoms with Gasteiger partial charge in [0.2, 0.25) is 0 Å². The number of hydrogen-bond acceptors (Lipinski definition) is 1. The van der Waals surface area contributed by atoms with Crippen molar-refractivity contribution in [2.75, 3.05) is 0 Å². The normalized spacial score (nSPS) is 10.0. The van der Waals surface area contributed by atoms with Crippen LogP contribution in [0.4, 0.5) is 0 Å². The van der Waals surface area contributed by atoms with E-state index in [2.05, 4.69) is 15.9 Å². The number of aryl methyl sites for hydroxylation is 1. The summed E-state index contributed by atoms with van der Waals surface area (Å²) in [4.78, 5) is 10.7. The molecular weight excluding hydrogens is 216 g/mol. The average molecular weight is 227 g/mol. The van der Waals surface area contributed by atoms with E-state index in [1.54, 1.807) is 0 Å². The largest absolute Gasteiger partial charge is 0.298 e. The summed E-state index contributed by atoms with van der Waals surface area (Å²) in [5.41, 5.74) is 4.24. The fourth-order valence-electron chi connectivity index (χ4n) is 1.20. The molecule has 0 radical (unpaired) electrons. The summed E-state index contributed by atoms with van der Waals surface area (Å²) in [6, 6.07) is 1.98. The van der Waals surface area contributed by atoms with Crippen LogP contribution in [-0.2, 0) is 0 Å². The molecule has 1 nitrogen and oxygen atoms in total. The van der Waals surface area contributed by atoms with Gasteiger partial charge in [-0.2, -0.15) is 0 Å². The second-order valence-electron chi connectivity index (χ2n) is 2.96. The van der Waals surface area contributed by atoms with E-state index in [0.717, 1.165) is 21.9 Å². The summed E-state index contributed by atoms with van der Waals surface area (Å²) in [6.45, 7) is 6.04. The Labute approximate surface area is 80.9 Å². The van der Waals surface area contributed by atoms with Gasteiger partial charge in [0.1, 0.15) is 0 Å². The van der Waals surface area contributed by atoms with E-state index in [1.807, 2.05) is 26.8 Å². The average Bonchev–Trinajstić information content (AvgIpc) is 2.01. The number of carbonyl (C=O) groups excluding carboxylic acids is 1. The van der Waals surface area contributed by atoms with Gasteiger partial charge in [0.15, 0.2) is 6.29 Å². The molecule has 12 heavy (non-hydrogen) atoms. The quantitative estimate of drug-likeness (QED) is 0.673. The van der Waals surface area contributed by atoms with Crippen LogP contribution in [0.1, 0.15) is 27.0 Å². The van der Waals surface area contributed by atoms with Gasteiger partial charge >= 0.3 is 0 Å². The van der Waals surface area contributed by atoms with Crippen LogP contribution in [-0.4, -0.2) is 6.29 Å². The van der Waals surface area contributed by atoms with Crippen molar-refractivity contribution in [3.63, 3.8) is 0 Å². The SMILES string of the molecule is Cc1cc(Br)c(C=O)c(C)c1C. The van der Waals surface area contributed by atoms with Crippen LogP contribution in [0.3, 0.4) is 0 Å². The zero-order chi connectivity index (χ0) is 9.30. The van der Waals surface area contributed by atoms with E-state index in [4.69, 9.17) is 0 Å². The van der Waals surface area contributed by atoms with E-state index in [9.17, 15) is 4.79 Å². The zero-order valence-corrected chi connectivity index (χ0v) is 9.03. The Morgan fingerprint density at radius 3 is 2.33 bits per heavy atom. The van der Waals surface area contributed by atoms with Crippen molar-refractivity contribution in [1.82, 2.24) is 0 Å². The van der Waals surface area contributed by atoms with Crippen molar-refractivity contribution in [2.24, 2.45) is 0 Å². The number of hydrogen-bond donors (Lipinski definition) is 0. The van der Waals surface area contributed by atoms with Crippen molar-refractivity contribution in [1.29, 1.82) is 0 Å². The Balaban J connectivity index is 3.51. The lowest BCUT2D eigenvalue weighted by Crippen LogP contribution is -1.94. The summed E-state index contributed by atoms with van der Waals surface area (Å²) in [6.07, 6.45) is 0.895. The van der Waals surface area contributed by atoms with Gasteiger partial charge < -0.3 is 0 Å². The summed E-state index contributed by atoms with van der Waals surface area (Å²) in [5, 5.41) is 0. The van der Waals surface area contributed by atoms with Gasteiger partial charge in [-0.3, -0.25) is 4.79 Å². The summed E-state index contributed by atoms with van der Waals surface area (Å²) in [7, 11) is 0. The highest BCUT2D eigenvalue weighted by molar-refractivity contribution is 9.10. The highest BCUT2D eigenvalue weighted by Gasteiger charge is 2.07. The first-order valence-corrected chi connectivity index (χ1v) is 4.58. The predicted molar refractivity (Wildman–Crippen MR) is 53.7 cm³/mol. The molecule has 0 N–H and O–H groups in total. The molecule has 1 rings (SSSR count). The van der Waals surface area contributed by atoms with E-state index in [-0.39, 0.29) is 0 Å². The molecule has 0 aromatic heterocycles. The zero-order valence-electron chi connectivity index (χ0n) is 7.44. The maximum atomic E-state index is 10.7. The fraction of sp³-hybridized carbons (Fsp3) is 0.300. The van der Waals surface area contributed by atoms with Crippen LogP contribution in [0.5, 0.6) is 0 Å². The smallest absolute Gasteiger partial charge is 0.151 e. The molecule has 0 aliphatic rings. The van der Waals surface area contributed by atoms with Crippen LogP contribution in [0.15, 0.2) is 10.5 Å². The highest BCUT2D eigenvalue weighted by Crippen LogP contribution is 2.24. The third-order valence-corrected chi connectivity index (χ3v) is 2.93. The summed E-state index contributed by atoms with van der Waals surface area (Å²) >= 11 is 3.36. The lowest BCUT2D eigenvalue weighted by atomic mass is 10.00. The maximum absolute atomic E-state index is 10.7. The number of rotatable bonds is 1. The molecule has 0 saturated heterocycles. The molecule has 0 bridgehead atoms. The summed E-state index contributed by atoms with van der Waals surface area (Å²) < 4.78 is 0.887. The van der Waals surface area contributed by atoms with Crippen LogP contribution >= 0.6 is 15.9 Å². The van der Waals surface area contributed by atoms with Crippen molar-refractivity contribution in [3.05, 3.63) is 32.8 Å². The molecule has 0 saturated carbocycles. The number of aldehydes is 1. The van der Waals surface area contributed by atoms with E-state index >= 15 is 0 Å². The van der Waals surface area contributed by atoms with E-state index in [1.165, 1.54) is 11.1 Å². The second-order valence-corrected chi connectivity index (χ2v) is 3.81. The number of carbonyl (C=O) groups is 1. The third-order valence-electron chi connectivity index (χ3n) is 2.28. The second kappa shape index (κ2) is 3.40. The third kappa shape index (κ3) is 1.44. The number of benzene rings is 1. The topological polar surface area (TPSA) is 17.1 Å². The van der Waals surface area contributed by atoms with Crippen LogP contribution in [0.2, 0.25) is 0 Å². The Morgan fingerprint density at radius 1 is 1.25 bits per heavy atom. The Kier molecular flexibility index (Phi) is 2.68. The molecule has 0 fully saturated rings. The van der Waals surface area contributed by atoms with Crippen molar-refractivity contribution in [3.8, 4) is 0 Å². The van der Waals surface area contributed by atoms with Gasteiger partial charge in [-0.25, -0.2) is 0 Å². The Hall–Kier alpha value is -0.630. The number of halogens is 1. The van der Waals surface area contributed by atoms with Gasteiger partial charge in [0.25, 0.3) is 0 Å². The van der Waals surface area contributed by atoms with E-state index < -0.39 is 0 Å².